The van der Waals surface area contributed by atoms with Crippen LogP contribution in [0.5, 0.6) is 0 Å². The zero-order chi connectivity index (χ0) is 16.2. The number of β-amino-alcohol motifs (C(OH)–C–C–N with tert-alkyl or cyclic N) is 1. The van der Waals surface area contributed by atoms with Crippen LogP contribution in [-0.4, -0.2) is 52.8 Å². The molecule has 2 aromatic rings. The Kier molecular flexibility index (Phi) is 5.05. The Morgan fingerprint density at radius 1 is 1.17 bits per heavy atom. The molecule has 1 aliphatic heterocycles. The van der Waals surface area contributed by atoms with Gasteiger partial charge in [-0.15, -0.1) is 0 Å². The molecule has 5 nitrogen and oxygen atoms in total. The standard InChI is InChI=1S/C17H22FN3O2/c1-13-10-16(23-19-13)11-20-6-8-21(9-7-20)12-17(22)14-2-4-15(18)5-3-14/h2-5,10,17,22H,6-9,11-12H2,1H3. The van der Waals surface area contributed by atoms with Crippen LogP contribution in [0.3, 0.4) is 0 Å². The minimum atomic E-state index is -0.584. The van der Waals surface area contributed by atoms with Gasteiger partial charge < -0.3 is 9.63 Å². The lowest BCUT2D eigenvalue weighted by Gasteiger charge is -2.35. The number of rotatable bonds is 5. The number of aromatic nitrogens is 1. The zero-order valence-corrected chi connectivity index (χ0v) is 13.3. The molecule has 1 aromatic carbocycles. The molecular weight excluding hydrogens is 297 g/mol. The molecular formula is C17H22FN3O2. The highest BCUT2D eigenvalue weighted by molar-refractivity contribution is 5.18. The molecule has 0 amide bonds. The van der Waals surface area contributed by atoms with E-state index in [4.69, 9.17) is 4.52 Å². The summed E-state index contributed by atoms with van der Waals surface area (Å²) in [5.74, 6) is 0.611. The van der Waals surface area contributed by atoms with E-state index >= 15 is 0 Å². The average molecular weight is 319 g/mol. The Morgan fingerprint density at radius 2 is 1.83 bits per heavy atom. The summed E-state index contributed by atoms with van der Waals surface area (Å²) < 4.78 is 18.2. The molecule has 0 bridgehead atoms. The highest BCUT2D eigenvalue weighted by atomic mass is 19.1. The first-order valence-corrected chi connectivity index (χ1v) is 7.90. The summed E-state index contributed by atoms with van der Waals surface area (Å²) in [7, 11) is 0. The summed E-state index contributed by atoms with van der Waals surface area (Å²) in [6.07, 6.45) is -0.584. The Bertz CT molecular complexity index is 621. The summed E-state index contributed by atoms with van der Waals surface area (Å²) in [5.41, 5.74) is 1.66. The van der Waals surface area contributed by atoms with Gasteiger partial charge in [-0.3, -0.25) is 9.80 Å². The van der Waals surface area contributed by atoms with Gasteiger partial charge in [-0.2, -0.15) is 0 Å². The van der Waals surface area contributed by atoms with Crippen molar-refractivity contribution in [3.63, 3.8) is 0 Å². The van der Waals surface area contributed by atoms with E-state index in [1.807, 2.05) is 13.0 Å². The van der Waals surface area contributed by atoms with E-state index in [0.29, 0.717) is 6.54 Å². The van der Waals surface area contributed by atoms with E-state index in [1.165, 1.54) is 12.1 Å². The van der Waals surface area contributed by atoms with Crippen LogP contribution >= 0.6 is 0 Å². The van der Waals surface area contributed by atoms with E-state index in [2.05, 4.69) is 15.0 Å². The fourth-order valence-corrected chi connectivity index (χ4v) is 2.88. The molecule has 1 aromatic heterocycles. The van der Waals surface area contributed by atoms with Crippen molar-refractivity contribution < 1.29 is 14.0 Å². The largest absolute Gasteiger partial charge is 0.387 e. The van der Waals surface area contributed by atoms with Crippen LogP contribution < -0.4 is 0 Å². The molecule has 0 saturated carbocycles. The van der Waals surface area contributed by atoms with Gasteiger partial charge in [0, 0.05) is 38.8 Å². The number of aryl methyl sites for hydroxylation is 1. The van der Waals surface area contributed by atoms with Gasteiger partial charge in [-0.1, -0.05) is 17.3 Å². The summed E-state index contributed by atoms with van der Waals surface area (Å²) in [6, 6.07) is 8.02. The van der Waals surface area contributed by atoms with Crippen LogP contribution in [0.4, 0.5) is 4.39 Å². The van der Waals surface area contributed by atoms with Gasteiger partial charge in [0.25, 0.3) is 0 Å². The van der Waals surface area contributed by atoms with Crippen molar-refractivity contribution in [1.82, 2.24) is 15.0 Å². The number of benzene rings is 1. The number of hydrogen-bond acceptors (Lipinski definition) is 5. The SMILES string of the molecule is Cc1cc(CN2CCN(CC(O)c3ccc(F)cc3)CC2)on1. The third kappa shape index (κ3) is 4.37. The van der Waals surface area contributed by atoms with Gasteiger partial charge in [0.2, 0.25) is 0 Å². The van der Waals surface area contributed by atoms with Crippen molar-refractivity contribution in [1.29, 1.82) is 0 Å². The van der Waals surface area contributed by atoms with Crippen LogP contribution in [0.15, 0.2) is 34.9 Å². The van der Waals surface area contributed by atoms with Crippen LogP contribution in [-0.2, 0) is 6.54 Å². The van der Waals surface area contributed by atoms with E-state index in [9.17, 15) is 9.50 Å². The maximum atomic E-state index is 12.9. The molecule has 0 spiro atoms. The molecule has 124 valence electrons. The van der Waals surface area contributed by atoms with Crippen LogP contribution in [0.1, 0.15) is 23.1 Å². The van der Waals surface area contributed by atoms with Crippen molar-refractivity contribution in [2.75, 3.05) is 32.7 Å². The average Bonchev–Trinajstić information content (AvgIpc) is 2.95. The Morgan fingerprint density at radius 3 is 2.43 bits per heavy atom. The van der Waals surface area contributed by atoms with E-state index in [1.54, 1.807) is 12.1 Å². The molecule has 1 fully saturated rings. The van der Waals surface area contributed by atoms with Gasteiger partial charge in [-0.25, -0.2) is 4.39 Å². The number of piperazine rings is 1. The van der Waals surface area contributed by atoms with Gasteiger partial charge in [0.15, 0.2) is 5.76 Å². The highest BCUT2D eigenvalue weighted by Crippen LogP contribution is 2.16. The van der Waals surface area contributed by atoms with Crippen LogP contribution in [0.2, 0.25) is 0 Å². The molecule has 1 aliphatic rings. The molecule has 1 unspecified atom stereocenters. The fourth-order valence-electron chi connectivity index (χ4n) is 2.88. The minimum absolute atomic E-state index is 0.280. The van der Waals surface area contributed by atoms with Crippen molar-refractivity contribution in [2.24, 2.45) is 0 Å². The second-order valence-corrected chi connectivity index (χ2v) is 6.08. The molecule has 0 aliphatic carbocycles. The maximum absolute atomic E-state index is 12.9. The van der Waals surface area contributed by atoms with E-state index in [0.717, 1.165) is 49.7 Å². The van der Waals surface area contributed by atoms with Crippen LogP contribution in [0.25, 0.3) is 0 Å². The summed E-state index contributed by atoms with van der Waals surface area (Å²) in [4.78, 5) is 4.55. The number of hydrogen-bond donors (Lipinski definition) is 1. The highest BCUT2D eigenvalue weighted by Gasteiger charge is 2.20. The first-order chi connectivity index (χ1) is 11.1. The second kappa shape index (κ2) is 7.21. The predicted molar refractivity (Wildman–Crippen MR) is 84.3 cm³/mol. The minimum Gasteiger partial charge on any atom is -0.387 e. The first kappa shape index (κ1) is 16.1. The number of aliphatic hydroxyl groups is 1. The van der Waals surface area contributed by atoms with Crippen molar-refractivity contribution in [3.8, 4) is 0 Å². The van der Waals surface area contributed by atoms with Crippen LogP contribution in [0, 0.1) is 12.7 Å². The van der Waals surface area contributed by atoms with Crippen molar-refractivity contribution >= 4 is 0 Å². The Hall–Kier alpha value is -1.76. The van der Waals surface area contributed by atoms with E-state index in [-0.39, 0.29) is 5.82 Å². The quantitative estimate of drug-likeness (QED) is 0.913. The van der Waals surface area contributed by atoms with Gasteiger partial charge in [-0.05, 0) is 24.6 Å². The van der Waals surface area contributed by atoms with Gasteiger partial charge >= 0.3 is 0 Å². The van der Waals surface area contributed by atoms with Gasteiger partial charge in [0.1, 0.15) is 5.82 Å². The predicted octanol–water partition coefficient (Wildman–Crippen LogP) is 1.97. The molecule has 3 rings (SSSR count). The second-order valence-electron chi connectivity index (χ2n) is 6.08. The molecule has 0 radical (unpaired) electrons. The topological polar surface area (TPSA) is 52.7 Å². The first-order valence-electron chi connectivity index (χ1n) is 7.90. The van der Waals surface area contributed by atoms with Crippen molar-refractivity contribution in [3.05, 3.63) is 53.2 Å². The van der Waals surface area contributed by atoms with Gasteiger partial charge in [0.05, 0.1) is 18.3 Å². The normalized spacial score (nSPS) is 18.2. The lowest BCUT2D eigenvalue weighted by molar-refractivity contribution is 0.0670. The number of halogens is 1. The maximum Gasteiger partial charge on any atom is 0.150 e. The summed E-state index contributed by atoms with van der Waals surface area (Å²) in [5, 5.41) is 14.2. The third-order valence-electron chi connectivity index (χ3n) is 4.21. The molecule has 6 heteroatoms. The number of aliphatic hydroxyl groups excluding tert-OH is 1. The third-order valence-corrected chi connectivity index (χ3v) is 4.21. The molecule has 1 saturated heterocycles. The Balaban J connectivity index is 1.46. The zero-order valence-electron chi connectivity index (χ0n) is 13.3. The number of nitrogens with zero attached hydrogens (tertiary/aromatic N) is 3. The lowest BCUT2D eigenvalue weighted by Crippen LogP contribution is -2.47. The lowest BCUT2D eigenvalue weighted by atomic mass is 10.1. The molecule has 23 heavy (non-hydrogen) atoms. The summed E-state index contributed by atoms with van der Waals surface area (Å²) in [6.45, 7) is 6.90. The smallest absolute Gasteiger partial charge is 0.150 e. The fraction of sp³-hybridized carbons (Fsp3) is 0.471. The van der Waals surface area contributed by atoms with E-state index < -0.39 is 6.10 Å². The summed E-state index contributed by atoms with van der Waals surface area (Å²) >= 11 is 0. The molecule has 1 N–H and O–H groups in total. The van der Waals surface area contributed by atoms with Crippen molar-refractivity contribution in [2.45, 2.75) is 19.6 Å². The Labute approximate surface area is 135 Å². The molecule has 1 atom stereocenters. The molecule has 2 heterocycles. The monoisotopic (exact) mass is 319 g/mol.